The molecule has 1 heterocycles. The highest BCUT2D eigenvalue weighted by molar-refractivity contribution is 5.99. The van der Waals surface area contributed by atoms with Crippen molar-refractivity contribution in [2.24, 2.45) is 4.99 Å². The van der Waals surface area contributed by atoms with Gasteiger partial charge in [-0.3, -0.25) is 9.83 Å². The lowest BCUT2D eigenvalue weighted by Gasteiger charge is -2.08. The first-order valence-corrected chi connectivity index (χ1v) is 6.91. The molecule has 0 fully saturated rings. The fourth-order valence-corrected chi connectivity index (χ4v) is 1.64. The van der Waals surface area contributed by atoms with Crippen molar-refractivity contribution in [1.29, 1.82) is 0 Å². The summed E-state index contributed by atoms with van der Waals surface area (Å²) in [6.07, 6.45) is 0. The van der Waals surface area contributed by atoms with Gasteiger partial charge in [0.25, 0.3) is 0 Å². The third kappa shape index (κ3) is 5.08. The van der Waals surface area contributed by atoms with Crippen molar-refractivity contribution in [1.82, 2.24) is 15.8 Å². The molecular weight excluding hydrogens is 302 g/mol. The second-order valence-corrected chi connectivity index (χ2v) is 4.34. The van der Waals surface area contributed by atoms with Crippen molar-refractivity contribution < 1.29 is 19.0 Å². The van der Waals surface area contributed by atoms with Gasteiger partial charge in [0.2, 0.25) is 0 Å². The summed E-state index contributed by atoms with van der Waals surface area (Å²) in [4.78, 5) is 20.6. The van der Waals surface area contributed by atoms with Crippen LogP contribution in [0.1, 0.15) is 18.2 Å². The summed E-state index contributed by atoms with van der Waals surface area (Å²) in [6.45, 7) is 2.05. The van der Waals surface area contributed by atoms with Crippen LogP contribution in [0.25, 0.3) is 0 Å². The van der Waals surface area contributed by atoms with Crippen LogP contribution in [-0.2, 0) is 20.9 Å². The van der Waals surface area contributed by atoms with E-state index in [1.165, 1.54) is 0 Å². The summed E-state index contributed by atoms with van der Waals surface area (Å²) in [5.41, 5.74) is 9.36. The highest BCUT2D eigenvalue weighted by atomic mass is 16.7. The molecular formula is C14H17N5O4. The van der Waals surface area contributed by atoms with E-state index in [-0.39, 0.29) is 30.6 Å². The predicted molar refractivity (Wildman–Crippen MR) is 81.1 cm³/mol. The van der Waals surface area contributed by atoms with E-state index in [0.717, 1.165) is 5.56 Å². The van der Waals surface area contributed by atoms with Crippen molar-refractivity contribution in [3.05, 3.63) is 41.6 Å². The zero-order valence-corrected chi connectivity index (χ0v) is 12.6. The van der Waals surface area contributed by atoms with Gasteiger partial charge in [0.15, 0.2) is 24.0 Å². The Morgan fingerprint density at radius 1 is 1.35 bits per heavy atom. The predicted octanol–water partition coefficient (Wildman–Crippen LogP) is 0.683. The lowest BCUT2D eigenvalue weighted by molar-refractivity contribution is -0.149. The minimum absolute atomic E-state index is 0.0593. The van der Waals surface area contributed by atoms with E-state index in [2.05, 4.69) is 25.4 Å². The number of nitrogens with two attached hydrogens (primary N) is 1. The van der Waals surface area contributed by atoms with E-state index in [0.29, 0.717) is 6.54 Å². The van der Waals surface area contributed by atoms with Gasteiger partial charge >= 0.3 is 5.97 Å². The van der Waals surface area contributed by atoms with E-state index >= 15 is 0 Å². The molecule has 9 heteroatoms. The van der Waals surface area contributed by atoms with Gasteiger partial charge in [0.1, 0.15) is 0 Å². The number of hydroxylamine groups is 1. The van der Waals surface area contributed by atoms with Gasteiger partial charge in [-0.25, -0.2) is 14.9 Å². The van der Waals surface area contributed by atoms with E-state index in [9.17, 15) is 4.79 Å². The molecule has 0 saturated heterocycles. The molecule has 0 bridgehead atoms. The molecule has 23 heavy (non-hydrogen) atoms. The van der Waals surface area contributed by atoms with Crippen LogP contribution < -0.4 is 11.2 Å². The molecule has 0 aliphatic heterocycles. The van der Waals surface area contributed by atoms with Crippen LogP contribution in [0.4, 0.5) is 5.82 Å². The van der Waals surface area contributed by atoms with Crippen molar-refractivity contribution >= 4 is 17.6 Å². The monoisotopic (exact) mass is 319 g/mol. The average Bonchev–Trinajstić information content (AvgIpc) is 2.98. The summed E-state index contributed by atoms with van der Waals surface area (Å²) in [7, 11) is 0. The van der Waals surface area contributed by atoms with Crippen LogP contribution in [-0.4, -0.2) is 35.3 Å². The van der Waals surface area contributed by atoms with Crippen molar-refractivity contribution in [3.8, 4) is 0 Å². The number of rotatable bonds is 7. The number of anilines is 1. The minimum Gasteiger partial charge on any atom is -0.464 e. The number of amidine groups is 1. The maximum atomic E-state index is 11.3. The quantitative estimate of drug-likeness (QED) is 0.330. The van der Waals surface area contributed by atoms with Crippen LogP contribution in [0.5, 0.6) is 0 Å². The standard InChI is InChI=1S/C14H17N5O4/c1-2-21-11(20)9-22-19-14(12-13(15)18-23-17-12)16-8-10-6-4-3-5-7-10/h3-7H,2,8-9H2,1H3,(H2,15,18)(H,16,19). The van der Waals surface area contributed by atoms with Crippen molar-refractivity contribution in [2.45, 2.75) is 13.5 Å². The first-order valence-electron chi connectivity index (χ1n) is 6.91. The molecule has 0 atom stereocenters. The SMILES string of the molecule is CCOC(=O)CONC(=NCc1ccccc1)c1nonc1N. The zero-order valence-electron chi connectivity index (χ0n) is 12.6. The average molecular weight is 319 g/mol. The maximum Gasteiger partial charge on any atom is 0.334 e. The van der Waals surface area contributed by atoms with Gasteiger partial charge in [-0.1, -0.05) is 30.3 Å². The number of aliphatic imine (C=N–C) groups is 1. The molecule has 3 N–H and O–H groups in total. The Labute approximate surface area is 132 Å². The largest absolute Gasteiger partial charge is 0.464 e. The Morgan fingerprint density at radius 3 is 2.78 bits per heavy atom. The van der Waals surface area contributed by atoms with Gasteiger partial charge in [-0.2, -0.15) is 0 Å². The summed E-state index contributed by atoms with van der Waals surface area (Å²) >= 11 is 0. The summed E-state index contributed by atoms with van der Waals surface area (Å²) in [5.74, 6) is -0.241. The Kier molecular flexibility index (Phi) is 6.07. The molecule has 2 aromatic rings. The highest BCUT2D eigenvalue weighted by Gasteiger charge is 2.15. The first-order chi connectivity index (χ1) is 11.2. The normalized spacial score (nSPS) is 11.3. The smallest absolute Gasteiger partial charge is 0.334 e. The van der Waals surface area contributed by atoms with Crippen molar-refractivity contribution in [2.75, 3.05) is 18.9 Å². The lowest BCUT2D eigenvalue weighted by atomic mass is 10.2. The van der Waals surface area contributed by atoms with E-state index in [1.807, 2.05) is 30.3 Å². The number of ether oxygens (including phenoxy) is 1. The summed E-state index contributed by atoms with van der Waals surface area (Å²) in [5, 5.41) is 7.15. The number of carbonyl (C=O) groups is 1. The van der Waals surface area contributed by atoms with Gasteiger partial charge in [0.05, 0.1) is 13.2 Å². The maximum absolute atomic E-state index is 11.3. The number of carbonyl (C=O) groups excluding carboxylic acids is 1. The molecule has 0 saturated carbocycles. The Balaban J connectivity index is 2.03. The van der Waals surface area contributed by atoms with Crippen molar-refractivity contribution in [3.63, 3.8) is 0 Å². The molecule has 0 aliphatic carbocycles. The molecule has 0 spiro atoms. The third-order valence-electron chi connectivity index (χ3n) is 2.66. The molecule has 1 aromatic heterocycles. The number of hydrogen-bond donors (Lipinski definition) is 2. The summed E-state index contributed by atoms with van der Waals surface area (Å²) < 4.78 is 9.30. The number of benzene rings is 1. The molecule has 9 nitrogen and oxygen atoms in total. The highest BCUT2D eigenvalue weighted by Crippen LogP contribution is 2.07. The number of nitrogens with zero attached hydrogens (tertiary/aromatic N) is 3. The van der Waals surface area contributed by atoms with E-state index < -0.39 is 5.97 Å². The fourth-order valence-electron chi connectivity index (χ4n) is 1.64. The number of nitrogens with one attached hydrogen (secondary N) is 1. The topological polar surface area (TPSA) is 125 Å². The third-order valence-corrected chi connectivity index (χ3v) is 2.66. The number of esters is 1. The lowest BCUT2D eigenvalue weighted by Crippen LogP contribution is -2.29. The molecule has 0 amide bonds. The van der Waals surface area contributed by atoms with Crippen LogP contribution in [0.2, 0.25) is 0 Å². The number of aromatic nitrogens is 2. The molecule has 0 unspecified atom stereocenters. The van der Waals surface area contributed by atoms with Crippen LogP contribution in [0.15, 0.2) is 40.0 Å². The molecule has 0 radical (unpaired) electrons. The molecule has 1 aromatic carbocycles. The second-order valence-electron chi connectivity index (χ2n) is 4.34. The van der Waals surface area contributed by atoms with Crippen LogP contribution in [0, 0.1) is 0 Å². The minimum atomic E-state index is -0.506. The van der Waals surface area contributed by atoms with Gasteiger partial charge in [-0.15, -0.1) is 0 Å². The first kappa shape index (κ1) is 16.4. The van der Waals surface area contributed by atoms with Crippen LogP contribution >= 0.6 is 0 Å². The number of nitrogen functional groups attached to an aromatic ring is 1. The second kappa shape index (κ2) is 8.49. The fraction of sp³-hybridized carbons (Fsp3) is 0.286. The Hall–Kier alpha value is -2.94. The van der Waals surface area contributed by atoms with Gasteiger partial charge < -0.3 is 10.5 Å². The molecule has 0 aliphatic rings. The van der Waals surface area contributed by atoms with Crippen LogP contribution in [0.3, 0.4) is 0 Å². The van der Waals surface area contributed by atoms with Gasteiger partial charge in [-0.05, 0) is 22.8 Å². The zero-order chi connectivity index (χ0) is 16.5. The van der Waals surface area contributed by atoms with Gasteiger partial charge in [0, 0.05) is 0 Å². The Morgan fingerprint density at radius 2 is 2.13 bits per heavy atom. The summed E-state index contributed by atoms with van der Waals surface area (Å²) in [6, 6.07) is 9.56. The molecule has 2 rings (SSSR count). The van der Waals surface area contributed by atoms with E-state index in [1.54, 1.807) is 6.92 Å². The number of hydrogen-bond acceptors (Lipinski definition) is 8. The van der Waals surface area contributed by atoms with E-state index in [4.69, 9.17) is 15.3 Å². The molecule has 122 valence electrons. The Bertz CT molecular complexity index is 656.